The molecule has 0 aliphatic rings. The molecule has 0 saturated heterocycles. The van der Waals surface area contributed by atoms with E-state index in [2.05, 4.69) is 20.6 Å². The quantitative estimate of drug-likeness (QED) is 0.502. The zero-order valence-corrected chi connectivity index (χ0v) is 16.0. The number of rotatable bonds is 5. The lowest BCUT2D eigenvalue weighted by atomic mass is 10.3. The van der Waals surface area contributed by atoms with Crippen molar-refractivity contribution in [3.05, 3.63) is 35.3 Å². The van der Waals surface area contributed by atoms with Crippen LogP contribution in [0.25, 0.3) is 10.6 Å². The van der Waals surface area contributed by atoms with Crippen LogP contribution in [0.15, 0.2) is 29.6 Å². The van der Waals surface area contributed by atoms with E-state index in [1.807, 2.05) is 24.4 Å². The van der Waals surface area contributed by atoms with Gasteiger partial charge in [-0.3, -0.25) is 9.59 Å². The van der Waals surface area contributed by atoms with Crippen LogP contribution in [0.4, 0.5) is 16.0 Å². The third-order valence-corrected chi connectivity index (χ3v) is 5.04. The maximum Gasteiger partial charge on any atom is 0.308 e. The minimum absolute atomic E-state index is 0.150. The van der Waals surface area contributed by atoms with E-state index in [-0.39, 0.29) is 11.9 Å². The van der Waals surface area contributed by atoms with Gasteiger partial charge in [0.2, 0.25) is 5.91 Å². The average molecular weight is 388 g/mol. The predicted octanol–water partition coefficient (Wildman–Crippen LogP) is 4.20. The monoisotopic (exact) mass is 388 g/mol. The number of benzene rings is 1. The van der Waals surface area contributed by atoms with E-state index in [1.54, 1.807) is 12.1 Å². The van der Waals surface area contributed by atoms with Crippen LogP contribution in [-0.2, 0) is 9.59 Å². The molecule has 0 atom stereocenters. The van der Waals surface area contributed by atoms with Gasteiger partial charge in [-0.15, -0.1) is 11.3 Å². The van der Waals surface area contributed by atoms with Crippen LogP contribution in [-0.4, -0.2) is 21.8 Å². The number of carbonyl (C=O) groups is 2. The topological polar surface area (TPSA) is 93.2 Å². The number of aryl methyl sites for hydroxylation is 1. The number of aromatic nitrogens is 2. The second kappa shape index (κ2) is 7.63. The lowest BCUT2D eigenvalue weighted by Gasteiger charge is -2.04. The molecule has 26 heavy (non-hydrogen) atoms. The molecule has 0 aliphatic carbocycles. The van der Waals surface area contributed by atoms with Gasteiger partial charge in [-0.25, -0.2) is 9.97 Å². The third-order valence-electron chi connectivity index (χ3n) is 3.18. The molecule has 0 aliphatic heterocycles. The molecule has 0 radical (unpaired) electrons. The minimum atomic E-state index is -0.353. The van der Waals surface area contributed by atoms with E-state index in [9.17, 15) is 9.59 Å². The number of amides is 1. The van der Waals surface area contributed by atoms with Crippen LogP contribution >= 0.6 is 22.7 Å². The Labute approximate surface area is 158 Å². The van der Waals surface area contributed by atoms with Crippen molar-refractivity contribution in [2.75, 3.05) is 10.6 Å². The molecular weight excluding hydrogens is 372 g/mol. The molecule has 0 unspecified atom stereocenters. The molecule has 0 spiro atoms. The highest BCUT2D eigenvalue weighted by molar-refractivity contribution is 7.20. The second-order valence-corrected chi connectivity index (χ2v) is 7.25. The van der Waals surface area contributed by atoms with Crippen molar-refractivity contribution in [3.8, 4) is 16.3 Å². The molecule has 1 amide bonds. The fraction of sp³-hybridized carbons (Fsp3) is 0.176. The molecule has 1 aromatic carbocycles. The Morgan fingerprint density at radius 1 is 1.08 bits per heavy atom. The minimum Gasteiger partial charge on any atom is -0.427 e. The Bertz CT molecular complexity index is 947. The van der Waals surface area contributed by atoms with E-state index in [0.29, 0.717) is 10.9 Å². The van der Waals surface area contributed by atoms with E-state index in [0.717, 1.165) is 27.1 Å². The normalized spacial score (nSPS) is 10.4. The maximum absolute atomic E-state index is 11.2. The lowest BCUT2D eigenvalue weighted by molar-refractivity contribution is -0.131. The maximum atomic E-state index is 11.2. The fourth-order valence-electron chi connectivity index (χ4n) is 2.17. The Hall–Kier alpha value is -2.78. The molecule has 9 heteroatoms. The smallest absolute Gasteiger partial charge is 0.308 e. The Kier molecular flexibility index (Phi) is 5.29. The van der Waals surface area contributed by atoms with Crippen LogP contribution in [0.5, 0.6) is 5.75 Å². The Morgan fingerprint density at radius 2 is 1.81 bits per heavy atom. The lowest BCUT2D eigenvalue weighted by Crippen LogP contribution is -2.04. The van der Waals surface area contributed by atoms with Crippen molar-refractivity contribution in [1.82, 2.24) is 9.97 Å². The van der Waals surface area contributed by atoms with E-state index in [4.69, 9.17) is 4.74 Å². The highest BCUT2D eigenvalue weighted by Crippen LogP contribution is 2.35. The number of esters is 1. The van der Waals surface area contributed by atoms with Gasteiger partial charge in [0.25, 0.3) is 0 Å². The van der Waals surface area contributed by atoms with E-state index >= 15 is 0 Å². The SMILES string of the molecule is CC(=O)Nc1nc(C)c(-c2csc(Nc3ccc(OC(C)=O)cc3)n2)s1. The predicted molar refractivity (Wildman–Crippen MR) is 103 cm³/mol. The first-order valence-corrected chi connectivity index (χ1v) is 9.37. The summed E-state index contributed by atoms with van der Waals surface area (Å²) in [6.45, 7) is 4.70. The van der Waals surface area contributed by atoms with Gasteiger partial charge in [0.1, 0.15) is 5.75 Å². The number of thiazole rings is 2. The highest BCUT2D eigenvalue weighted by atomic mass is 32.1. The third kappa shape index (κ3) is 4.44. The van der Waals surface area contributed by atoms with Gasteiger partial charge < -0.3 is 15.4 Å². The Balaban J connectivity index is 1.73. The molecule has 3 rings (SSSR count). The molecule has 7 nitrogen and oxygen atoms in total. The summed E-state index contributed by atoms with van der Waals surface area (Å²) >= 11 is 2.86. The number of anilines is 3. The summed E-state index contributed by atoms with van der Waals surface area (Å²) in [4.78, 5) is 31.9. The zero-order chi connectivity index (χ0) is 18.7. The molecule has 2 N–H and O–H groups in total. The summed E-state index contributed by atoms with van der Waals surface area (Å²) in [6, 6.07) is 7.05. The molecule has 0 saturated carbocycles. The number of nitrogens with zero attached hydrogens (tertiary/aromatic N) is 2. The first-order chi connectivity index (χ1) is 12.4. The fourth-order valence-corrected chi connectivity index (χ4v) is 3.94. The summed E-state index contributed by atoms with van der Waals surface area (Å²) in [5.74, 6) is -0.00868. The number of hydrogen-bond donors (Lipinski definition) is 2. The summed E-state index contributed by atoms with van der Waals surface area (Å²) < 4.78 is 5.01. The standard InChI is InChI=1S/C17H16N4O3S2/c1-9-15(26-17(18-9)19-10(2)22)14-8-25-16(21-14)20-12-4-6-13(7-5-12)24-11(3)23/h4-8H,1-3H3,(H,20,21)(H,18,19,22). The van der Waals surface area contributed by atoms with Crippen molar-refractivity contribution in [2.45, 2.75) is 20.8 Å². The van der Waals surface area contributed by atoms with Gasteiger partial charge in [-0.1, -0.05) is 11.3 Å². The summed E-state index contributed by atoms with van der Waals surface area (Å²) in [7, 11) is 0. The van der Waals surface area contributed by atoms with Gasteiger partial charge in [-0.05, 0) is 31.2 Å². The molecule has 3 aromatic rings. The zero-order valence-electron chi connectivity index (χ0n) is 14.3. The largest absolute Gasteiger partial charge is 0.427 e. The van der Waals surface area contributed by atoms with Crippen LogP contribution in [0.1, 0.15) is 19.5 Å². The van der Waals surface area contributed by atoms with Gasteiger partial charge in [0, 0.05) is 24.9 Å². The molecule has 134 valence electrons. The number of hydrogen-bond acceptors (Lipinski definition) is 8. The molecular formula is C17H16N4O3S2. The van der Waals surface area contributed by atoms with Crippen LogP contribution in [0, 0.1) is 6.92 Å². The number of ether oxygens (including phenoxy) is 1. The van der Waals surface area contributed by atoms with Crippen molar-refractivity contribution < 1.29 is 14.3 Å². The van der Waals surface area contributed by atoms with Crippen LogP contribution < -0.4 is 15.4 Å². The van der Waals surface area contributed by atoms with Crippen molar-refractivity contribution in [1.29, 1.82) is 0 Å². The second-order valence-electron chi connectivity index (χ2n) is 5.40. The molecule has 2 heterocycles. The molecule has 0 bridgehead atoms. The van der Waals surface area contributed by atoms with Crippen LogP contribution in [0.3, 0.4) is 0 Å². The van der Waals surface area contributed by atoms with Gasteiger partial charge >= 0.3 is 5.97 Å². The van der Waals surface area contributed by atoms with Gasteiger partial charge in [0.15, 0.2) is 10.3 Å². The van der Waals surface area contributed by atoms with E-state index in [1.165, 1.54) is 36.5 Å². The molecule has 0 fully saturated rings. The first-order valence-electron chi connectivity index (χ1n) is 7.67. The summed E-state index contributed by atoms with van der Waals surface area (Å²) in [5, 5.41) is 9.14. The van der Waals surface area contributed by atoms with Crippen molar-refractivity contribution in [3.63, 3.8) is 0 Å². The van der Waals surface area contributed by atoms with Gasteiger partial charge in [0.05, 0.1) is 16.3 Å². The van der Waals surface area contributed by atoms with Crippen molar-refractivity contribution >= 4 is 50.5 Å². The summed E-state index contributed by atoms with van der Waals surface area (Å²) in [5.41, 5.74) is 2.46. The van der Waals surface area contributed by atoms with Crippen molar-refractivity contribution in [2.24, 2.45) is 0 Å². The highest BCUT2D eigenvalue weighted by Gasteiger charge is 2.14. The number of nitrogens with one attached hydrogen (secondary N) is 2. The Morgan fingerprint density at radius 3 is 2.46 bits per heavy atom. The first kappa shape index (κ1) is 18.0. The van der Waals surface area contributed by atoms with Crippen LogP contribution in [0.2, 0.25) is 0 Å². The average Bonchev–Trinajstić information content (AvgIpc) is 3.14. The number of carbonyl (C=O) groups excluding carboxylic acids is 2. The van der Waals surface area contributed by atoms with E-state index < -0.39 is 0 Å². The summed E-state index contributed by atoms with van der Waals surface area (Å²) in [6.07, 6.45) is 0. The van der Waals surface area contributed by atoms with Gasteiger partial charge in [-0.2, -0.15) is 0 Å². The molecule has 2 aromatic heterocycles.